The minimum absolute atomic E-state index is 0.410. The van der Waals surface area contributed by atoms with Crippen LogP contribution in [-0.2, 0) is 0 Å². The molecule has 8 nitrogen and oxygen atoms in total. The Balaban J connectivity index is 1.36. The van der Waals surface area contributed by atoms with E-state index in [4.69, 9.17) is 9.97 Å². The molecule has 3 aromatic rings. The van der Waals surface area contributed by atoms with Crippen molar-refractivity contribution in [1.82, 2.24) is 25.2 Å². The smallest absolute Gasteiger partial charge is 0.231 e. The van der Waals surface area contributed by atoms with E-state index >= 15 is 0 Å². The van der Waals surface area contributed by atoms with Crippen LogP contribution in [0, 0.1) is 5.92 Å². The summed E-state index contributed by atoms with van der Waals surface area (Å²) in [7, 11) is 4.33. The first kappa shape index (κ1) is 21.0. The fourth-order valence-electron chi connectivity index (χ4n) is 4.85. The van der Waals surface area contributed by atoms with E-state index in [0.29, 0.717) is 17.9 Å². The van der Waals surface area contributed by atoms with E-state index in [9.17, 15) is 0 Å². The Morgan fingerprint density at radius 3 is 2.59 bits per heavy atom. The highest BCUT2D eigenvalue weighted by molar-refractivity contribution is 5.89. The highest BCUT2D eigenvalue weighted by Crippen LogP contribution is 2.29. The lowest BCUT2D eigenvalue weighted by atomic mass is 9.93. The van der Waals surface area contributed by atoms with Gasteiger partial charge in [0.25, 0.3) is 0 Å². The van der Waals surface area contributed by atoms with Crippen molar-refractivity contribution in [3.8, 4) is 0 Å². The Hall–Kier alpha value is -2.84. The van der Waals surface area contributed by atoms with Gasteiger partial charge in [-0.15, -0.1) is 0 Å². The summed E-state index contributed by atoms with van der Waals surface area (Å²) >= 11 is 0. The molecule has 2 atom stereocenters. The van der Waals surface area contributed by atoms with E-state index < -0.39 is 0 Å². The van der Waals surface area contributed by atoms with Gasteiger partial charge in [-0.2, -0.15) is 9.97 Å². The lowest BCUT2D eigenvalue weighted by Gasteiger charge is -2.37. The number of aromatic nitrogens is 3. The minimum atomic E-state index is 0.410. The van der Waals surface area contributed by atoms with Gasteiger partial charge in [-0.05, 0) is 56.3 Å². The van der Waals surface area contributed by atoms with Crippen LogP contribution in [0.5, 0.6) is 0 Å². The van der Waals surface area contributed by atoms with Crippen LogP contribution in [-0.4, -0.2) is 79.3 Å². The summed E-state index contributed by atoms with van der Waals surface area (Å²) in [6.07, 6.45) is 3.12. The Kier molecular flexibility index (Phi) is 5.89. The Bertz CT molecular complexity index is 1040. The highest BCUT2D eigenvalue weighted by Gasteiger charge is 2.27. The summed E-state index contributed by atoms with van der Waals surface area (Å²) in [6, 6.07) is 11.1. The molecule has 0 aliphatic carbocycles. The molecule has 0 saturated carbocycles. The summed E-state index contributed by atoms with van der Waals surface area (Å²) in [5.74, 6) is 2.20. The van der Waals surface area contributed by atoms with Gasteiger partial charge in [0, 0.05) is 63.4 Å². The SMILES string of the molecule is C[C@@H]1CCNC[C@@H]1N(C)c1nc(Nc2ccc(N3CCN(C)CC3)cc2)nc2[nH]ccc12. The zero-order valence-electron chi connectivity index (χ0n) is 19.3. The van der Waals surface area contributed by atoms with Gasteiger partial charge >= 0.3 is 0 Å². The van der Waals surface area contributed by atoms with Gasteiger partial charge in [0.05, 0.1) is 5.39 Å². The number of benzene rings is 1. The number of hydrogen-bond acceptors (Lipinski definition) is 7. The molecule has 2 aliphatic heterocycles. The van der Waals surface area contributed by atoms with Gasteiger partial charge in [-0.1, -0.05) is 6.92 Å². The van der Waals surface area contributed by atoms with Crippen molar-refractivity contribution < 1.29 is 0 Å². The highest BCUT2D eigenvalue weighted by atomic mass is 15.3. The number of piperazine rings is 1. The molecule has 8 heteroatoms. The fraction of sp³-hybridized carbons (Fsp3) is 0.500. The number of hydrogen-bond donors (Lipinski definition) is 3. The maximum absolute atomic E-state index is 4.94. The normalized spacial score (nSPS) is 22.3. The first-order chi connectivity index (χ1) is 15.6. The van der Waals surface area contributed by atoms with E-state index in [1.807, 2.05) is 6.20 Å². The van der Waals surface area contributed by atoms with Gasteiger partial charge < -0.3 is 30.3 Å². The van der Waals surface area contributed by atoms with Crippen LogP contribution in [0.2, 0.25) is 0 Å². The molecule has 2 saturated heterocycles. The third kappa shape index (κ3) is 4.25. The molecule has 2 aliphatic rings. The summed E-state index contributed by atoms with van der Waals surface area (Å²) in [4.78, 5) is 20.1. The second-order valence-corrected chi connectivity index (χ2v) is 9.22. The van der Waals surface area contributed by atoms with E-state index in [1.54, 1.807) is 0 Å². The number of aromatic amines is 1. The lowest BCUT2D eigenvalue weighted by Crippen LogP contribution is -2.49. The molecule has 0 bridgehead atoms. The fourth-order valence-corrected chi connectivity index (χ4v) is 4.85. The average molecular weight is 435 g/mol. The van der Waals surface area contributed by atoms with E-state index in [-0.39, 0.29) is 0 Å². The summed E-state index contributed by atoms with van der Waals surface area (Å²) in [5, 5.41) is 8.01. The number of fused-ring (bicyclic) bond motifs is 1. The first-order valence-corrected chi connectivity index (χ1v) is 11.7. The molecule has 32 heavy (non-hydrogen) atoms. The first-order valence-electron chi connectivity index (χ1n) is 11.7. The largest absolute Gasteiger partial charge is 0.369 e. The maximum Gasteiger partial charge on any atom is 0.231 e. The summed E-state index contributed by atoms with van der Waals surface area (Å²) in [5.41, 5.74) is 3.12. The molecule has 2 fully saturated rings. The van der Waals surface area contributed by atoms with E-state index in [2.05, 4.69) is 81.7 Å². The monoisotopic (exact) mass is 434 g/mol. The number of H-pyrrole nitrogens is 1. The number of nitrogens with one attached hydrogen (secondary N) is 3. The average Bonchev–Trinajstić information content (AvgIpc) is 3.28. The van der Waals surface area contributed by atoms with Gasteiger partial charge in [-0.25, -0.2) is 0 Å². The van der Waals surface area contributed by atoms with Crippen molar-refractivity contribution in [3.05, 3.63) is 36.5 Å². The molecule has 5 rings (SSSR count). The number of nitrogens with zero attached hydrogens (tertiary/aromatic N) is 5. The summed E-state index contributed by atoms with van der Waals surface area (Å²) < 4.78 is 0. The van der Waals surface area contributed by atoms with Crippen molar-refractivity contribution in [2.24, 2.45) is 5.92 Å². The van der Waals surface area contributed by atoms with Crippen molar-refractivity contribution in [1.29, 1.82) is 0 Å². The van der Waals surface area contributed by atoms with Crippen LogP contribution in [0.1, 0.15) is 13.3 Å². The molecule has 170 valence electrons. The van der Waals surface area contributed by atoms with Gasteiger partial charge in [0.2, 0.25) is 5.95 Å². The second kappa shape index (κ2) is 8.96. The van der Waals surface area contributed by atoms with Crippen LogP contribution in [0.15, 0.2) is 36.5 Å². The topological polar surface area (TPSA) is 75.3 Å². The second-order valence-electron chi connectivity index (χ2n) is 9.22. The van der Waals surface area contributed by atoms with Crippen molar-refractivity contribution >= 4 is 34.2 Å². The molecule has 1 aromatic carbocycles. The lowest BCUT2D eigenvalue weighted by molar-refractivity contribution is 0.313. The summed E-state index contributed by atoms with van der Waals surface area (Å²) in [6.45, 7) is 8.75. The third-order valence-electron chi connectivity index (χ3n) is 7.01. The van der Waals surface area contributed by atoms with Gasteiger partial charge in [0.15, 0.2) is 0 Å². The Morgan fingerprint density at radius 1 is 1.06 bits per heavy atom. The van der Waals surface area contributed by atoms with Gasteiger partial charge in [-0.3, -0.25) is 0 Å². The number of rotatable bonds is 5. The van der Waals surface area contributed by atoms with E-state index in [0.717, 1.165) is 61.8 Å². The van der Waals surface area contributed by atoms with Crippen molar-refractivity contribution in [2.45, 2.75) is 19.4 Å². The van der Waals surface area contributed by atoms with Crippen molar-refractivity contribution in [3.63, 3.8) is 0 Å². The van der Waals surface area contributed by atoms with Crippen molar-refractivity contribution in [2.75, 3.05) is 68.5 Å². The number of piperidine rings is 1. The molecule has 4 heterocycles. The van der Waals surface area contributed by atoms with Crippen LogP contribution in [0.25, 0.3) is 11.0 Å². The molecule has 0 unspecified atom stereocenters. The molecular weight excluding hydrogens is 400 g/mol. The quantitative estimate of drug-likeness (QED) is 0.570. The predicted octanol–water partition coefficient (Wildman–Crippen LogP) is 2.89. The Morgan fingerprint density at radius 2 is 1.84 bits per heavy atom. The van der Waals surface area contributed by atoms with Crippen LogP contribution < -0.4 is 20.4 Å². The number of likely N-dealkylation sites (N-methyl/N-ethyl adjacent to an activating group) is 2. The molecular formula is C24H34N8. The zero-order chi connectivity index (χ0) is 22.1. The van der Waals surface area contributed by atoms with Crippen LogP contribution >= 0.6 is 0 Å². The Labute approximate surface area is 190 Å². The molecule has 0 radical (unpaired) electrons. The van der Waals surface area contributed by atoms with Crippen LogP contribution in [0.4, 0.5) is 23.1 Å². The molecule has 2 aromatic heterocycles. The van der Waals surface area contributed by atoms with E-state index in [1.165, 1.54) is 12.1 Å². The maximum atomic E-state index is 4.94. The third-order valence-corrected chi connectivity index (χ3v) is 7.01. The van der Waals surface area contributed by atoms with Crippen LogP contribution in [0.3, 0.4) is 0 Å². The predicted molar refractivity (Wildman–Crippen MR) is 132 cm³/mol. The molecule has 0 amide bonds. The number of anilines is 4. The molecule has 0 spiro atoms. The standard InChI is InChI=1S/C24H34N8/c1-17-8-10-25-16-21(17)31(3)23-20-9-11-26-22(20)28-24(29-23)27-18-4-6-19(7-5-18)32-14-12-30(2)13-15-32/h4-7,9,11,17,21,25H,8,10,12-16H2,1-3H3,(H2,26,27,28,29)/t17-,21+/m1/s1. The zero-order valence-corrected chi connectivity index (χ0v) is 19.3. The minimum Gasteiger partial charge on any atom is -0.369 e. The molecule has 3 N–H and O–H groups in total. The van der Waals surface area contributed by atoms with Gasteiger partial charge in [0.1, 0.15) is 11.5 Å².